The van der Waals surface area contributed by atoms with Gasteiger partial charge in [0.1, 0.15) is 0 Å². The first-order valence-electron chi connectivity index (χ1n) is 10.6. The van der Waals surface area contributed by atoms with Gasteiger partial charge >= 0.3 is 5.97 Å². The highest BCUT2D eigenvalue weighted by Crippen LogP contribution is 2.47. The van der Waals surface area contributed by atoms with Crippen LogP contribution in [0.2, 0.25) is 0 Å². The Morgan fingerprint density at radius 3 is 2.59 bits per heavy atom. The molecule has 1 aliphatic carbocycles. The highest BCUT2D eigenvalue weighted by atomic mass is 32.1. The second-order valence-corrected chi connectivity index (χ2v) is 8.85. The predicted molar refractivity (Wildman–Crippen MR) is 123 cm³/mol. The zero-order valence-corrected chi connectivity index (χ0v) is 19.5. The number of ketones is 1. The van der Waals surface area contributed by atoms with Gasteiger partial charge in [0.05, 0.1) is 32.3 Å². The van der Waals surface area contributed by atoms with E-state index < -0.39 is 5.92 Å². The summed E-state index contributed by atoms with van der Waals surface area (Å²) in [5.74, 6) is 0.581. The van der Waals surface area contributed by atoms with Crippen molar-refractivity contribution in [3.8, 4) is 11.5 Å². The van der Waals surface area contributed by atoms with Crippen molar-refractivity contribution in [1.82, 2.24) is 5.32 Å². The molecule has 0 saturated carbocycles. The normalized spacial score (nSPS) is 20.6. The van der Waals surface area contributed by atoms with E-state index in [0.717, 1.165) is 21.8 Å². The highest BCUT2D eigenvalue weighted by Gasteiger charge is 2.41. The van der Waals surface area contributed by atoms with Gasteiger partial charge in [-0.2, -0.15) is 0 Å². The quantitative estimate of drug-likeness (QED) is 0.640. The number of hydrogen-bond donors (Lipinski definition) is 1. The number of carbonyl (C=O) groups is 2. The van der Waals surface area contributed by atoms with Crippen molar-refractivity contribution >= 4 is 23.1 Å². The molecule has 0 bridgehead atoms. The first-order valence-corrected chi connectivity index (χ1v) is 11.5. The Morgan fingerprint density at radius 2 is 1.94 bits per heavy atom. The molecule has 1 aromatic carbocycles. The van der Waals surface area contributed by atoms with Crippen molar-refractivity contribution in [3.05, 3.63) is 68.7 Å². The number of Topliss-reactive ketones (excluding diaryl/α,β-unsaturated/α-hetero) is 1. The second kappa shape index (κ2) is 9.20. The molecule has 1 aliphatic heterocycles. The predicted octanol–water partition coefficient (Wildman–Crippen LogP) is 4.69. The van der Waals surface area contributed by atoms with E-state index in [-0.39, 0.29) is 24.3 Å². The minimum Gasteiger partial charge on any atom is -0.493 e. The monoisotopic (exact) mass is 453 g/mol. The van der Waals surface area contributed by atoms with E-state index in [1.165, 1.54) is 0 Å². The molecule has 2 heterocycles. The lowest BCUT2D eigenvalue weighted by Gasteiger charge is -2.36. The number of ether oxygens (including phenoxy) is 3. The largest absolute Gasteiger partial charge is 0.493 e. The zero-order chi connectivity index (χ0) is 22.8. The Balaban J connectivity index is 1.74. The van der Waals surface area contributed by atoms with E-state index in [4.69, 9.17) is 14.2 Å². The average Bonchev–Trinajstić information content (AvgIpc) is 3.32. The van der Waals surface area contributed by atoms with Gasteiger partial charge in [0.15, 0.2) is 17.3 Å². The Kier molecular flexibility index (Phi) is 6.37. The van der Waals surface area contributed by atoms with Crippen molar-refractivity contribution in [2.45, 2.75) is 38.5 Å². The molecule has 4 rings (SSSR count). The van der Waals surface area contributed by atoms with Crippen LogP contribution in [0.4, 0.5) is 0 Å². The third kappa shape index (κ3) is 3.93. The molecule has 0 radical (unpaired) electrons. The summed E-state index contributed by atoms with van der Waals surface area (Å²) in [5.41, 5.74) is 3.84. The minimum absolute atomic E-state index is 0.00878. The number of nitrogens with one attached hydrogen (secondary N) is 1. The van der Waals surface area contributed by atoms with E-state index in [2.05, 4.69) is 5.32 Å². The second-order valence-electron chi connectivity index (χ2n) is 7.87. The molecule has 6 nitrogen and oxygen atoms in total. The number of esters is 1. The zero-order valence-electron chi connectivity index (χ0n) is 18.7. The smallest absolute Gasteiger partial charge is 0.336 e. The van der Waals surface area contributed by atoms with Crippen LogP contribution in [0, 0.1) is 0 Å². The summed E-state index contributed by atoms with van der Waals surface area (Å²) in [5, 5.41) is 5.33. The van der Waals surface area contributed by atoms with Crippen LogP contribution < -0.4 is 14.8 Å². The van der Waals surface area contributed by atoms with Crippen molar-refractivity contribution in [1.29, 1.82) is 0 Å². The van der Waals surface area contributed by atoms with Crippen LogP contribution in [0.5, 0.6) is 11.5 Å². The summed E-state index contributed by atoms with van der Waals surface area (Å²) in [6, 6.07) is 9.72. The summed E-state index contributed by atoms with van der Waals surface area (Å²) >= 11 is 1.55. The van der Waals surface area contributed by atoms with Gasteiger partial charge in [-0.05, 0) is 55.3 Å². The summed E-state index contributed by atoms with van der Waals surface area (Å²) in [4.78, 5) is 27.3. The van der Waals surface area contributed by atoms with Crippen LogP contribution in [-0.2, 0) is 14.3 Å². The summed E-state index contributed by atoms with van der Waals surface area (Å²) in [6.45, 7) is 3.95. The topological polar surface area (TPSA) is 73.9 Å². The number of hydrogen-bond acceptors (Lipinski definition) is 7. The Bertz CT molecular complexity index is 1100. The van der Waals surface area contributed by atoms with Crippen molar-refractivity contribution in [2.24, 2.45) is 0 Å². The van der Waals surface area contributed by atoms with Gasteiger partial charge < -0.3 is 19.5 Å². The van der Waals surface area contributed by atoms with Crippen LogP contribution in [0.3, 0.4) is 0 Å². The van der Waals surface area contributed by atoms with Crippen LogP contribution >= 0.6 is 11.3 Å². The first kappa shape index (κ1) is 22.1. The maximum Gasteiger partial charge on any atom is 0.336 e. The lowest BCUT2D eigenvalue weighted by atomic mass is 9.73. The van der Waals surface area contributed by atoms with Gasteiger partial charge in [-0.25, -0.2) is 4.79 Å². The molecule has 0 fully saturated rings. The number of rotatable bonds is 6. The number of carbonyl (C=O) groups excluding carboxylic acids is 2. The standard InChI is InChI=1S/C25H27NO5S/c1-5-31-25(28)22-14(2)26-17-11-16(15-8-9-19(29-3)20(13-15)30-4)12-18(27)23(17)24(22)21-7-6-10-32-21/h6-10,13,16,24,26H,5,11-12H2,1-4H3/t16-,24-/m1/s1. The molecule has 7 heteroatoms. The van der Waals surface area contributed by atoms with E-state index in [0.29, 0.717) is 35.5 Å². The number of methoxy groups -OCH3 is 2. The fraction of sp³-hybridized carbons (Fsp3) is 0.360. The summed E-state index contributed by atoms with van der Waals surface area (Å²) < 4.78 is 16.1. The molecular formula is C25H27NO5S. The lowest BCUT2D eigenvalue weighted by molar-refractivity contribution is -0.138. The maximum absolute atomic E-state index is 13.5. The number of benzene rings is 1. The molecule has 0 saturated heterocycles. The Morgan fingerprint density at radius 1 is 1.16 bits per heavy atom. The van der Waals surface area contributed by atoms with Gasteiger partial charge in [-0.3, -0.25) is 4.79 Å². The highest BCUT2D eigenvalue weighted by molar-refractivity contribution is 7.10. The molecule has 2 atom stereocenters. The van der Waals surface area contributed by atoms with Crippen molar-refractivity contribution < 1.29 is 23.8 Å². The number of allylic oxidation sites excluding steroid dienone is 3. The fourth-order valence-corrected chi connectivity index (χ4v) is 5.44. The molecule has 2 aliphatic rings. The molecule has 0 unspecified atom stereocenters. The summed E-state index contributed by atoms with van der Waals surface area (Å²) in [6.07, 6.45) is 1.04. The molecule has 32 heavy (non-hydrogen) atoms. The number of dihydropyridines is 1. The third-order valence-electron chi connectivity index (χ3n) is 6.03. The van der Waals surface area contributed by atoms with Gasteiger partial charge in [0.25, 0.3) is 0 Å². The average molecular weight is 454 g/mol. The van der Waals surface area contributed by atoms with E-state index in [1.54, 1.807) is 32.5 Å². The van der Waals surface area contributed by atoms with E-state index in [1.807, 2.05) is 42.6 Å². The van der Waals surface area contributed by atoms with Crippen LogP contribution in [0.1, 0.15) is 49.0 Å². The molecule has 2 aromatic rings. The SMILES string of the molecule is CCOC(=O)C1=C(C)NC2=C(C(=O)C[C@H](c3ccc(OC)c(OC)c3)C2)[C@@H]1c1cccs1. The molecule has 1 aromatic heterocycles. The van der Waals surface area contributed by atoms with Gasteiger partial charge in [-0.15, -0.1) is 11.3 Å². The van der Waals surface area contributed by atoms with Crippen LogP contribution in [-0.4, -0.2) is 32.6 Å². The van der Waals surface area contributed by atoms with Gasteiger partial charge in [-0.1, -0.05) is 12.1 Å². The van der Waals surface area contributed by atoms with Gasteiger partial charge in [0.2, 0.25) is 0 Å². The van der Waals surface area contributed by atoms with Crippen LogP contribution in [0.25, 0.3) is 0 Å². The van der Waals surface area contributed by atoms with Crippen molar-refractivity contribution in [3.63, 3.8) is 0 Å². The van der Waals surface area contributed by atoms with E-state index in [9.17, 15) is 9.59 Å². The molecule has 0 spiro atoms. The first-order chi connectivity index (χ1) is 15.5. The summed E-state index contributed by atoms with van der Waals surface area (Å²) in [7, 11) is 3.21. The number of thiophene rings is 1. The molecule has 0 amide bonds. The molecular weight excluding hydrogens is 426 g/mol. The molecule has 1 N–H and O–H groups in total. The Hall–Kier alpha value is -3.06. The Labute approximate surface area is 191 Å². The van der Waals surface area contributed by atoms with Crippen molar-refractivity contribution in [2.75, 3.05) is 20.8 Å². The fourth-order valence-electron chi connectivity index (χ4n) is 4.60. The maximum atomic E-state index is 13.5. The van der Waals surface area contributed by atoms with Gasteiger partial charge in [0, 0.05) is 28.3 Å². The lowest BCUT2D eigenvalue weighted by Crippen LogP contribution is -2.35. The third-order valence-corrected chi connectivity index (χ3v) is 6.97. The minimum atomic E-state index is -0.399. The van der Waals surface area contributed by atoms with E-state index >= 15 is 0 Å². The molecule has 168 valence electrons. The van der Waals surface area contributed by atoms with Crippen LogP contribution in [0.15, 0.2) is 58.3 Å².